The van der Waals surface area contributed by atoms with Crippen molar-refractivity contribution in [2.45, 2.75) is 32.9 Å². The summed E-state index contributed by atoms with van der Waals surface area (Å²) in [6, 6.07) is 3.75. The summed E-state index contributed by atoms with van der Waals surface area (Å²) in [5.74, 6) is 0.586. The minimum atomic E-state index is -0.829. The second-order valence-electron chi connectivity index (χ2n) is 4.48. The van der Waals surface area contributed by atoms with Gasteiger partial charge in [-0.3, -0.25) is 9.67 Å². The van der Waals surface area contributed by atoms with Gasteiger partial charge in [0.05, 0.1) is 19.0 Å². The largest absolute Gasteiger partial charge is 0.493 e. The summed E-state index contributed by atoms with van der Waals surface area (Å²) in [5.41, 5.74) is 2.31. The quantitative estimate of drug-likeness (QED) is 0.895. The van der Waals surface area contributed by atoms with Crippen LogP contribution in [0.2, 0.25) is 0 Å². The molecule has 0 saturated carbocycles. The number of hydrogen-bond donors (Lipinski definition) is 1. The fraction of sp³-hybridized carbons (Fsp3) is 0.429. The van der Waals surface area contributed by atoms with Gasteiger partial charge in [0.15, 0.2) is 5.75 Å². The normalized spacial score (nSPS) is 12.4. The molecule has 5 heteroatoms. The van der Waals surface area contributed by atoms with Crippen molar-refractivity contribution in [3.8, 4) is 5.75 Å². The summed E-state index contributed by atoms with van der Waals surface area (Å²) in [6.07, 6.45) is 3.48. The zero-order chi connectivity index (χ0) is 13.8. The third-order valence-corrected chi connectivity index (χ3v) is 2.97. The van der Waals surface area contributed by atoms with Crippen molar-refractivity contribution in [1.29, 1.82) is 0 Å². The lowest BCUT2D eigenvalue weighted by Gasteiger charge is -2.14. The van der Waals surface area contributed by atoms with Gasteiger partial charge in [0.1, 0.15) is 11.8 Å². The van der Waals surface area contributed by atoms with Crippen LogP contribution in [-0.2, 0) is 6.54 Å². The summed E-state index contributed by atoms with van der Waals surface area (Å²) < 4.78 is 7.04. The van der Waals surface area contributed by atoms with Crippen molar-refractivity contribution in [3.05, 3.63) is 41.5 Å². The first-order valence-electron chi connectivity index (χ1n) is 6.37. The SMILES string of the molecule is CCCn1ncc(OC)c1C(O)c1ccc(C)cn1. The molecular weight excluding hydrogens is 242 g/mol. The number of nitrogens with zero attached hydrogens (tertiary/aromatic N) is 3. The van der Waals surface area contributed by atoms with E-state index in [1.54, 1.807) is 24.2 Å². The Labute approximate surface area is 112 Å². The molecule has 0 spiro atoms. The van der Waals surface area contributed by atoms with Gasteiger partial charge in [0.2, 0.25) is 0 Å². The first-order chi connectivity index (χ1) is 9.17. The van der Waals surface area contributed by atoms with E-state index in [2.05, 4.69) is 17.0 Å². The van der Waals surface area contributed by atoms with E-state index in [1.807, 2.05) is 19.1 Å². The molecule has 0 aromatic carbocycles. The molecule has 2 aromatic heterocycles. The molecule has 1 atom stereocenters. The smallest absolute Gasteiger partial charge is 0.163 e. The lowest BCUT2D eigenvalue weighted by atomic mass is 10.1. The Morgan fingerprint density at radius 3 is 2.74 bits per heavy atom. The van der Waals surface area contributed by atoms with E-state index in [0.29, 0.717) is 17.1 Å². The molecule has 0 aliphatic rings. The van der Waals surface area contributed by atoms with Crippen LogP contribution in [0.25, 0.3) is 0 Å². The van der Waals surface area contributed by atoms with Crippen LogP contribution in [0.4, 0.5) is 0 Å². The zero-order valence-electron chi connectivity index (χ0n) is 11.5. The Balaban J connectivity index is 2.38. The molecule has 0 radical (unpaired) electrons. The second kappa shape index (κ2) is 5.84. The fourth-order valence-corrected chi connectivity index (χ4v) is 1.98. The molecule has 0 saturated heterocycles. The van der Waals surface area contributed by atoms with Crippen molar-refractivity contribution in [2.75, 3.05) is 7.11 Å². The Kier molecular flexibility index (Phi) is 4.16. The number of aromatic nitrogens is 3. The fourth-order valence-electron chi connectivity index (χ4n) is 1.98. The average Bonchev–Trinajstić information content (AvgIpc) is 2.82. The molecular formula is C14H19N3O2. The molecule has 0 fully saturated rings. The van der Waals surface area contributed by atoms with E-state index in [4.69, 9.17) is 4.74 Å². The van der Waals surface area contributed by atoms with Crippen LogP contribution in [0.1, 0.15) is 36.4 Å². The van der Waals surface area contributed by atoms with Gasteiger partial charge in [-0.1, -0.05) is 13.0 Å². The van der Waals surface area contributed by atoms with Gasteiger partial charge >= 0.3 is 0 Å². The summed E-state index contributed by atoms with van der Waals surface area (Å²) in [4.78, 5) is 4.26. The Morgan fingerprint density at radius 2 is 2.16 bits per heavy atom. The predicted octanol–water partition coefficient (Wildman–Crippen LogP) is 2.09. The molecule has 1 unspecified atom stereocenters. The van der Waals surface area contributed by atoms with E-state index in [9.17, 15) is 5.11 Å². The third-order valence-electron chi connectivity index (χ3n) is 2.97. The van der Waals surface area contributed by atoms with Gasteiger partial charge in [0.25, 0.3) is 0 Å². The maximum Gasteiger partial charge on any atom is 0.163 e. The summed E-state index contributed by atoms with van der Waals surface area (Å²) in [6.45, 7) is 4.77. The summed E-state index contributed by atoms with van der Waals surface area (Å²) in [7, 11) is 1.58. The number of hydrogen-bond acceptors (Lipinski definition) is 4. The maximum atomic E-state index is 10.5. The highest BCUT2D eigenvalue weighted by molar-refractivity contribution is 5.32. The zero-order valence-corrected chi connectivity index (χ0v) is 11.5. The van der Waals surface area contributed by atoms with Crippen LogP contribution in [0.3, 0.4) is 0 Å². The minimum absolute atomic E-state index is 0.586. The van der Waals surface area contributed by atoms with Crippen LogP contribution in [0.15, 0.2) is 24.5 Å². The number of ether oxygens (including phenoxy) is 1. The van der Waals surface area contributed by atoms with Crippen LogP contribution in [0, 0.1) is 6.92 Å². The van der Waals surface area contributed by atoms with Crippen molar-refractivity contribution < 1.29 is 9.84 Å². The lowest BCUT2D eigenvalue weighted by Crippen LogP contribution is -2.12. The van der Waals surface area contributed by atoms with Crippen molar-refractivity contribution in [2.24, 2.45) is 0 Å². The van der Waals surface area contributed by atoms with E-state index in [-0.39, 0.29) is 0 Å². The highest BCUT2D eigenvalue weighted by atomic mass is 16.5. The molecule has 2 aromatic rings. The van der Waals surface area contributed by atoms with Crippen LogP contribution in [0.5, 0.6) is 5.75 Å². The van der Waals surface area contributed by atoms with Gasteiger partial charge < -0.3 is 9.84 Å². The van der Waals surface area contributed by atoms with Gasteiger partial charge in [0, 0.05) is 12.7 Å². The standard InChI is InChI=1S/C14H19N3O2/c1-4-7-17-13(12(19-3)9-16-17)14(18)11-6-5-10(2)8-15-11/h5-6,8-9,14,18H,4,7H2,1-3H3. The molecule has 1 N–H and O–H groups in total. The summed E-state index contributed by atoms with van der Waals surface area (Å²) in [5, 5.41) is 14.7. The molecule has 5 nitrogen and oxygen atoms in total. The number of aryl methyl sites for hydroxylation is 2. The second-order valence-corrected chi connectivity index (χ2v) is 4.48. The van der Waals surface area contributed by atoms with E-state index < -0.39 is 6.10 Å². The monoisotopic (exact) mass is 261 g/mol. The number of aliphatic hydroxyl groups is 1. The van der Waals surface area contributed by atoms with Gasteiger partial charge in [-0.15, -0.1) is 0 Å². The molecule has 0 aliphatic heterocycles. The first-order valence-corrected chi connectivity index (χ1v) is 6.37. The number of pyridine rings is 1. The van der Waals surface area contributed by atoms with Gasteiger partial charge in [-0.25, -0.2) is 0 Å². The van der Waals surface area contributed by atoms with E-state index >= 15 is 0 Å². The highest BCUT2D eigenvalue weighted by Gasteiger charge is 2.22. The number of aliphatic hydroxyl groups excluding tert-OH is 1. The predicted molar refractivity (Wildman–Crippen MR) is 72.1 cm³/mol. The molecule has 0 aliphatic carbocycles. The average molecular weight is 261 g/mol. The van der Waals surface area contributed by atoms with Crippen LogP contribution < -0.4 is 4.74 Å². The Morgan fingerprint density at radius 1 is 1.37 bits per heavy atom. The van der Waals surface area contributed by atoms with Gasteiger partial charge in [-0.2, -0.15) is 5.10 Å². The molecule has 2 heterocycles. The molecule has 2 rings (SSSR count). The van der Waals surface area contributed by atoms with Crippen molar-refractivity contribution in [1.82, 2.24) is 14.8 Å². The number of rotatable bonds is 5. The first kappa shape index (κ1) is 13.5. The van der Waals surface area contributed by atoms with Crippen LogP contribution >= 0.6 is 0 Å². The lowest BCUT2D eigenvalue weighted by molar-refractivity contribution is 0.197. The molecule has 102 valence electrons. The Hall–Kier alpha value is -1.88. The van der Waals surface area contributed by atoms with Crippen molar-refractivity contribution in [3.63, 3.8) is 0 Å². The highest BCUT2D eigenvalue weighted by Crippen LogP contribution is 2.29. The Bertz CT molecular complexity index is 534. The van der Waals surface area contributed by atoms with Crippen molar-refractivity contribution >= 4 is 0 Å². The molecule has 19 heavy (non-hydrogen) atoms. The summed E-state index contributed by atoms with van der Waals surface area (Å²) >= 11 is 0. The third kappa shape index (κ3) is 2.76. The molecule has 0 amide bonds. The maximum absolute atomic E-state index is 10.5. The number of methoxy groups -OCH3 is 1. The minimum Gasteiger partial charge on any atom is -0.493 e. The topological polar surface area (TPSA) is 60.2 Å². The van der Waals surface area contributed by atoms with E-state index in [0.717, 1.165) is 18.5 Å². The van der Waals surface area contributed by atoms with E-state index in [1.165, 1.54) is 0 Å². The van der Waals surface area contributed by atoms with Crippen LogP contribution in [-0.4, -0.2) is 27.0 Å². The van der Waals surface area contributed by atoms with Gasteiger partial charge in [-0.05, 0) is 25.0 Å². The molecule has 0 bridgehead atoms.